The predicted octanol–water partition coefficient (Wildman–Crippen LogP) is 4.24. The lowest BCUT2D eigenvalue weighted by molar-refractivity contribution is -0.135. The number of amides is 2. The summed E-state index contributed by atoms with van der Waals surface area (Å²) in [5, 5.41) is 7.42. The summed E-state index contributed by atoms with van der Waals surface area (Å²) < 4.78 is 5.31. The van der Waals surface area contributed by atoms with E-state index >= 15 is 0 Å². The normalized spacial score (nSPS) is 17.8. The molecule has 30 heavy (non-hydrogen) atoms. The van der Waals surface area contributed by atoms with E-state index < -0.39 is 11.9 Å². The number of rotatable bonds is 6. The van der Waals surface area contributed by atoms with Crippen LogP contribution in [0, 0.1) is 12.8 Å². The van der Waals surface area contributed by atoms with Gasteiger partial charge in [-0.2, -0.15) is 4.98 Å². The number of piperidine rings is 1. The summed E-state index contributed by atoms with van der Waals surface area (Å²) >= 11 is 12.1. The van der Waals surface area contributed by atoms with Gasteiger partial charge in [0.15, 0.2) is 5.82 Å². The molecule has 2 atom stereocenters. The van der Waals surface area contributed by atoms with Crippen LogP contribution in [0.2, 0.25) is 10.0 Å². The zero-order valence-electron chi connectivity index (χ0n) is 17.3. The molecule has 9 heteroatoms. The molecule has 3 rings (SSSR count). The lowest BCUT2D eigenvalue weighted by atomic mass is 9.95. The number of aromatic nitrogens is 2. The van der Waals surface area contributed by atoms with Gasteiger partial charge in [0.1, 0.15) is 6.04 Å². The van der Waals surface area contributed by atoms with Crippen molar-refractivity contribution in [3.05, 3.63) is 45.5 Å². The molecule has 2 heterocycles. The van der Waals surface area contributed by atoms with E-state index in [0.717, 1.165) is 12.8 Å². The highest BCUT2D eigenvalue weighted by molar-refractivity contribution is 6.36. The maximum atomic E-state index is 13.3. The molecule has 0 spiro atoms. The number of carbonyl (C=O) groups is 2. The lowest BCUT2D eigenvalue weighted by Crippen LogP contribution is -2.51. The van der Waals surface area contributed by atoms with Gasteiger partial charge >= 0.3 is 0 Å². The highest BCUT2D eigenvalue weighted by Gasteiger charge is 2.33. The minimum absolute atomic E-state index is 0.00464. The van der Waals surface area contributed by atoms with Gasteiger partial charge in [0.25, 0.3) is 5.91 Å². The quantitative estimate of drug-likeness (QED) is 0.707. The Morgan fingerprint density at radius 1 is 1.33 bits per heavy atom. The van der Waals surface area contributed by atoms with Gasteiger partial charge in [-0.15, -0.1) is 0 Å². The van der Waals surface area contributed by atoms with Gasteiger partial charge in [0.2, 0.25) is 11.8 Å². The van der Waals surface area contributed by atoms with Crippen molar-refractivity contribution in [2.75, 3.05) is 13.1 Å². The third-order valence-corrected chi connectivity index (χ3v) is 5.66. The molecular formula is C21H26Cl2N4O3. The van der Waals surface area contributed by atoms with Crippen LogP contribution in [0.25, 0.3) is 0 Å². The van der Waals surface area contributed by atoms with Crippen LogP contribution in [0.5, 0.6) is 0 Å². The van der Waals surface area contributed by atoms with Crippen LogP contribution < -0.4 is 5.32 Å². The summed E-state index contributed by atoms with van der Waals surface area (Å²) in [5.41, 5.74) is 0.292. The van der Waals surface area contributed by atoms with Gasteiger partial charge in [-0.3, -0.25) is 9.59 Å². The van der Waals surface area contributed by atoms with Crippen molar-refractivity contribution in [1.29, 1.82) is 0 Å². The molecule has 1 aromatic heterocycles. The summed E-state index contributed by atoms with van der Waals surface area (Å²) in [5.74, 6) is 0.865. The van der Waals surface area contributed by atoms with Crippen molar-refractivity contribution in [3.8, 4) is 0 Å². The molecule has 1 fully saturated rings. The SMILES string of the molecule is Cc1noc(C2CCCN(C(=O)C(CC(C)C)NC(=O)c3ccc(Cl)cc3Cl)C2)n1. The van der Waals surface area contributed by atoms with Crippen LogP contribution in [0.3, 0.4) is 0 Å². The van der Waals surface area contributed by atoms with Crippen LogP contribution in [0.4, 0.5) is 0 Å². The monoisotopic (exact) mass is 452 g/mol. The fourth-order valence-electron chi connectivity index (χ4n) is 3.68. The van der Waals surface area contributed by atoms with E-state index in [1.807, 2.05) is 13.8 Å². The van der Waals surface area contributed by atoms with Crippen molar-refractivity contribution >= 4 is 35.0 Å². The van der Waals surface area contributed by atoms with Gasteiger partial charge in [-0.1, -0.05) is 42.2 Å². The summed E-state index contributed by atoms with van der Waals surface area (Å²) in [7, 11) is 0. The van der Waals surface area contributed by atoms with E-state index in [1.165, 1.54) is 6.07 Å². The molecule has 0 saturated carbocycles. The maximum absolute atomic E-state index is 13.3. The number of halogens is 2. The molecule has 162 valence electrons. The third-order valence-electron chi connectivity index (χ3n) is 5.11. The van der Waals surface area contributed by atoms with Gasteiger partial charge in [-0.25, -0.2) is 0 Å². The van der Waals surface area contributed by atoms with Crippen LogP contribution in [0.15, 0.2) is 22.7 Å². The van der Waals surface area contributed by atoms with Crippen molar-refractivity contribution in [2.24, 2.45) is 5.92 Å². The highest BCUT2D eigenvalue weighted by atomic mass is 35.5. The second-order valence-corrected chi connectivity index (χ2v) is 8.93. The number of hydrogen-bond acceptors (Lipinski definition) is 5. The predicted molar refractivity (Wildman–Crippen MR) is 115 cm³/mol. The molecule has 1 aromatic carbocycles. The minimum Gasteiger partial charge on any atom is -0.340 e. The molecule has 1 aliphatic rings. The number of aryl methyl sites for hydroxylation is 1. The smallest absolute Gasteiger partial charge is 0.253 e. The third kappa shape index (κ3) is 5.52. The second-order valence-electron chi connectivity index (χ2n) is 8.08. The average molecular weight is 453 g/mol. The van der Waals surface area contributed by atoms with E-state index in [2.05, 4.69) is 15.5 Å². The number of nitrogens with one attached hydrogen (secondary N) is 1. The van der Waals surface area contributed by atoms with Crippen molar-refractivity contribution in [3.63, 3.8) is 0 Å². The zero-order chi connectivity index (χ0) is 21.8. The molecule has 0 aliphatic carbocycles. The number of hydrogen-bond donors (Lipinski definition) is 1. The van der Waals surface area contributed by atoms with Crippen LogP contribution in [-0.2, 0) is 4.79 Å². The minimum atomic E-state index is -0.646. The molecule has 1 saturated heterocycles. The number of likely N-dealkylation sites (tertiary alicyclic amines) is 1. The van der Waals surface area contributed by atoms with Gasteiger partial charge in [-0.05, 0) is 50.3 Å². The molecule has 2 amide bonds. The van der Waals surface area contributed by atoms with Crippen LogP contribution in [-0.4, -0.2) is 46.0 Å². The molecule has 2 aromatic rings. The first kappa shape index (κ1) is 22.6. The highest BCUT2D eigenvalue weighted by Crippen LogP contribution is 2.27. The first-order valence-corrected chi connectivity index (χ1v) is 10.8. The maximum Gasteiger partial charge on any atom is 0.253 e. The fraction of sp³-hybridized carbons (Fsp3) is 0.524. The Hall–Kier alpha value is -2.12. The second kappa shape index (κ2) is 9.79. The van der Waals surface area contributed by atoms with Crippen molar-refractivity contribution < 1.29 is 14.1 Å². The van der Waals surface area contributed by atoms with E-state index in [0.29, 0.717) is 41.8 Å². The Morgan fingerprint density at radius 3 is 2.73 bits per heavy atom. The summed E-state index contributed by atoms with van der Waals surface area (Å²) in [6, 6.07) is 4.03. The Balaban J connectivity index is 1.73. The van der Waals surface area contributed by atoms with Crippen molar-refractivity contribution in [2.45, 2.75) is 52.0 Å². The fourth-order valence-corrected chi connectivity index (χ4v) is 4.18. The topological polar surface area (TPSA) is 88.3 Å². The summed E-state index contributed by atoms with van der Waals surface area (Å²) in [4.78, 5) is 32.2. The van der Waals surface area contributed by atoms with E-state index in [-0.39, 0.29) is 22.8 Å². The summed E-state index contributed by atoms with van der Waals surface area (Å²) in [6.07, 6.45) is 2.24. The molecule has 7 nitrogen and oxygen atoms in total. The first-order valence-electron chi connectivity index (χ1n) is 10.1. The Bertz CT molecular complexity index is 915. The molecular weight excluding hydrogens is 427 g/mol. The van der Waals surface area contributed by atoms with Crippen LogP contribution in [0.1, 0.15) is 61.1 Å². The molecule has 1 N–H and O–H groups in total. The average Bonchev–Trinajstić information content (AvgIpc) is 3.13. The molecule has 2 unspecified atom stereocenters. The van der Waals surface area contributed by atoms with Crippen molar-refractivity contribution in [1.82, 2.24) is 20.4 Å². The lowest BCUT2D eigenvalue weighted by Gasteiger charge is -2.34. The molecule has 0 radical (unpaired) electrons. The molecule has 0 bridgehead atoms. The van der Waals surface area contributed by atoms with Gasteiger partial charge in [0, 0.05) is 18.1 Å². The summed E-state index contributed by atoms with van der Waals surface area (Å²) in [6.45, 7) is 6.93. The first-order chi connectivity index (χ1) is 14.2. The number of nitrogens with zero attached hydrogens (tertiary/aromatic N) is 3. The Labute approximate surface area is 186 Å². The number of carbonyl (C=O) groups excluding carboxylic acids is 2. The largest absolute Gasteiger partial charge is 0.340 e. The Kier molecular flexibility index (Phi) is 7.36. The van der Waals surface area contributed by atoms with E-state index in [4.69, 9.17) is 27.7 Å². The van der Waals surface area contributed by atoms with Gasteiger partial charge in [0.05, 0.1) is 16.5 Å². The molecule has 1 aliphatic heterocycles. The number of benzene rings is 1. The zero-order valence-corrected chi connectivity index (χ0v) is 18.8. The van der Waals surface area contributed by atoms with Gasteiger partial charge < -0.3 is 14.7 Å². The van der Waals surface area contributed by atoms with E-state index in [9.17, 15) is 9.59 Å². The van der Waals surface area contributed by atoms with E-state index in [1.54, 1.807) is 24.0 Å². The van der Waals surface area contributed by atoms with Crippen LogP contribution >= 0.6 is 23.2 Å². The standard InChI is InChI=1S/C21H26Cl2N4O3/c1-12(2)9-18(25-19(28)16-7-6-15(22)10-17(16)23)21(29)27-8-4-5-14(11-27)20-24-13(3)26-30-20/h6-7,10,12,14,18H,4-5,8-9,11H2,1-3H3,(H,25,28). The Morgan fingerprint density at radius 2 is 2.10 bits per heavy atom.